The van der Waals surface area contributed by atoms with Crippen molar-refractivity contribution in [1.29, 1.82) is 0 Å². The molecule has 0 saturated carbocycles. The number of halogens is 2. The van der Waals surface area contributed by atoms with Crippen molar-refractivity contribution in [3.8, 4) is 22.3 Å². The molecule has 8 heteroatoms. The smallest absolute Gasteiger partial charge is 0.264 e. The van der Waals surface area contributed by atoms with Crippen LogP contribution in [0.15, 0.2) is 65.7 Å². The average molecular weight is 462 g/mol. The van der Waals surface area contributed by atoms with Gasteiger partial charge in [0.15, 0.2) is 0 Å². The lowest BCUT2D eigenvalue weighted by Gasteiger charge is -2.16. The van der Waals surface area contributed by atoms with E-state index >= 15 is 0 Å². The second-order valence-electron chi connectivity index (χ2n) is 8.82. The van der Waals surface area contributed by atoms with Crippen LogP contribution in [0.25, 0.3) is 33.3 Å². The molecule has 5 rings (SSSR count). The Bertz CT molecular complexity index is 1440. The first-order valence-electron chi connectivity index (χ1n) is 11.1. The minimum atomic E-state index is -2.85. The maximum Gasteiger partial charge on any atom is 0.264 e. The van der Waals surface area contributed by atoms with Gasteiger partial charge in [-0.1, -0.05) is 35.5 Å². The quantitative estimate of drug-likeness (QED) is 0.292. The molecule has 1 aromatic carbocycles. The third-order valence-electron chi connectivity index (χ3n) is 6.07. The second-order valence-corrected chi connectivity index (χ2v) is 8.82. The van der Waals surface area contributed by atoms with Gasteiger partial charge in [-0.2, -0.15) is 5.10 Å². The number of fused-ring (bicyclic) bond motifs is 1. The number of aryl methyl sites for hydroxylation is 2. The highest BCUT2D eigenvalue weighted by Gasteiger charge is 2.24. The number of aromatic nitrogens is 5. The summed E-state index contributed by atoms with van der Waals surface area (Å²) in [6, 6.07) is 12.3. The van der Waals surface area contributed by atoms with Gasteiger partial charge in [-0.05, 0) is 32.4 Å². The first-order valence-corrected chi connectivity index (χ1v) is 11.1. The topological polar surface area (TPSA) is 61.7 Å². The zero-order chi connectivity index (χ0) is 24.0. The van der Waals surface area contributed by atoms with Crippen molar-refractivity contribution in [3.63, 3.8) is 0 Å². The van der Waals surface area contributed by atoms with E-state index in [0.29, 0.717) is 0 Å². The summed E-state index contributed by atoms with van der Waals surface area (Å²) in [6.45, 7) is 6.33. The summed E-state index contributed by atoms with van der Waals surface area (Å²) in [5.74, 6) is -2.12. The van der Waals surface area contributed by atoms with Crippen molar-refractivity contribution >= 4 is 11.0 Å². The fourth-order valence-electron chi connectivity index (χ4n) is 4.46. The normalized spacial score (nSPS) is 13.0. The summed E-state index contributed by atoms with van der Waals surface area (Å²) in [5, 5.41) is 8.24. The molecule has 0 saturated heterocycles. The molecule has 174 valence electrons. The Labute approximate surface area is 195 Å². The standard InChI is InChI=1S/C26H25F2N5O/c1-16-24(18(3)34-31-16)20-10-23-25(29-11-20)22(21-12-30-32(13-21)15-26(4,27)28)14-33(23)17(2)19-8-6-5-7-9-19/h5-14,17H,15H2,1-4H3. The Balaban J connectivity index is 1.68. The molecule has 1 unspecified atom stereocenters. The fourth-order valence-corrected chi connectivity index (χ4v) is 4.46. The van der Waals surface area contributed by atoms with Gasteiger partial charge in [0.25, 0.3) is 5.92 Å². The lowest BCUT2D eigenvalue weighted by atomic mass is 10.0. The van der Waals surface area contributed by atoms with Crippen molar-refractivity contribution in [2.45, 2.75) is 46.2 Å². The van der Waals surface area contributed by atoms with Crippen molar-refractivity contribution < 1.29 is 13.3 Å². The van der Waals surface area contributed by atoms with Crippen LogP contribution in [0.5, 0.6) is 0 Å². The van der Waals surface area contributed by atoms with E-state index in [4.69, 9.17) is 9.51 Å². The summed E-state index contributed by atoms with van der Waals surface area (Å²) in [5.41, 5.74) is 7.08. The number of nitrogens with zero attached hydrogens (tertiary/aromatic N) is 5. The van der Waals surface area contributed by atoms with Gasteiger partial charge < -0.3 is 9.09 Å². The molecule has 0 aliphatic rings. The molecule has 0 spiro atoms. The highest BCUT2D eigenvalue weighted by atomic mass is 19.3. The number of alkyl halides is 2. The minimum Gasteiger partial charge on any atom is -0.361 e. The van der Waals surface area contributed by atoms with Crippen LogP contribution in [0, 0.1) is 13.8 Å². The lowest BCUT2D eigenvalue weighted by molar-refractivity contribution is 0.000604. The Morgan fingerprint density at radius 1 is 1.06 bits per heavy atom. The highest BCUT2D eigenvalue weighted by Crippen LogP contribution is 2.36. The molecule has 0 aliphatic heterocycles. The summed E-state index contributed by atoms with van der Waals surface area (Å²) in [4.78, 5) is 4.80. The predicted molar refractivity (Wildman–Crippen MR) is 127 cm³/mol. The zero-order valence-corrected chi connectivity index (χ0v) is 19.5. The van der Waals surface area contributed by atoms with E-state index in [1.54, 1.807) is 18.6 Å². The Kier molecular flexibility index (Phi) is 5.31. The zero-order valence-electron chi connectivity index (χ0n) is 19.5. The van der Waals surface area contributed by atoms with Crippen LogP contribution in [0.4, 0.5) is 8.78 Å². The molecule has 0 radical (unpaired) electrons. The van der Waals surface area contributed by atoms with Gasteiger partial charge in [0, 0.05) is 47.8 Å². The lowest BCUT2D eigenvalue weighted by Crippen LogP contribution is -2.19. The molecule has 6 nitrogen and oxygen atoms in total. The molecule has 1 atom stereocenters. The minimum absolute atomic E-state index is 0.0224. The molecule has 0 aliphatic carbocycles. The van der Waals surface area contributed by atoms with E-state index in [1.807, 2.05) is 38.2 Å². The first-order chi connectivity index (χ1) is 16.2. The SMILES string of the molecule is Cc1noc(C)c1-c1cnc2c(-c3cnn(CC(C)(F)F)c3)cn(C(C)c3ccccc3)c2c1. The van der Waals surface area contributed by atoms with Crippen LogP contribution in [-0.4, -0.2) is 30.4 Å². The van der Waals surface area contributed by atoms with Crippen molar-refractivity contribution in [3.05, 3.63) is 78.2 Å². The number of rotatable bonds is 6. The molecule has 0 amide bonds. The van der Waals surface area contributed by atoms with Gasteiger partial charge in [-0.25, -0.2) is 8.78 Å². The molecule has 5 aromatic rings. The largest absolute Gasteiger partial charge is 0.361 e. The van der Waals surface area contributed by atoms with Crippen LogP contribution in [0.2, 0.25) is 0 Å². The van der Waals surface area contributed by atoms with Crippen LogP contribution >= 0.6 is 0 Å². The molecule has 4 heterocycles. The second kappa shape index (κ2) is 8.20. The van der Waals surface area contributed by atoms with Crippen LogP contribution < -0.4 is 0 Å². The molecular weight excluding hydrogens is 436 g/mol. The predicted octanol–water partition coefficient (Wildman–Crippen LogP) is 6.44. The van der Waals surface area contributed by atoms with Crippen LogP contribution in [-0.2, 0) is 6.54 Å². The van der Waals surface area contributed by atoms with E-state index in [0.717, 1.165) is 57.2 Å². The first kappa shape index (κ1) is 22.0. The number of benzene rings is 1. The van der Waals surface area contributed by atoms with Crippen LogP contribution in [0.1, 0.15) is 36.9 Å². The molecule has 0 N–H and O–H groups in total. The van der Waals surface area contributed by atoms with Gasteiger partial charge in [0.1, 0.15) is 12.3 Å². The Morgan fingerprint density at radius 2 is 1.82 bits per heavy atom. The molecule has 4 aromatic heterocycles. The van der Waals surface area contributed by atoms with Gasteiger partial charge in [-0.3, -0.25) is 9.67 Å². The van der Waals surface area contributed by atoms with Gasteiger partial charge >= 0.3 is 0 Å². The monoisotopic (exact) mass is 461 g/mol. The van der Waals surface area contributed by atoms with E-state index in [2.05, 4.69) is 39.9 Å². The number of hydrogen-bond donors (Lipinski definition) is 0. The van der Waals surface area contributed by atoms with Crippen molar-refractivity contribution in [2.75, 3.05) is 0 Å². The summed E-state index contributed by atoms with van der Waals surface area (Å²) in [6.07, 6.45) is 7.09. The third kappa shape index (κ3) is 4.00. The van der Waals surface area contributed by atoms with E-state index < -0.39 is 12.5 Å². The fraction of sp³-hybridized carbons (Fsp3) is 0.269. The number of pyridine rings is 1. The van der Waals surface area contributed by atoms with E-state index in [9.17, 15) is 8.78 Å². The van der Waals surface area contributed by atoms with Gasteiger partial charge in [0.05, 0.1) is 29.0 Å². The Morgan fingerprint density at radius 3 is 2.50 bits per heavy atom. The molecular formula is C26H25F2N5O. The van der Waals surface area contributed by atoms with Crippen molar-refractivity contribution in [1.82, 2.24) is 24.5 Å². The summed E-state index contributed by atoms with van der Waals surface area (Å²) >= 11 is 0. The molecule has 34 heavy (non-hydrogen) atoms. The van der Waals surface area contributed by atoms with Gasteiger partial charge in [-0.15, -0.1) is 0 Å². The Hall–Kier alpha value is -3.81. The maximum atomic E-state index is 13.5. The average Bonchev–Trinajstić information content (AvgIpc) is 3.49. The number of hydrogen-bond acceptors (Lipinski definition) is 4. The van der Waals surface area contributed by atoms with Crippen LogP contribution in [0.3, 0.4) is 0 Å². The van der Waals surface area contributed by atoms with Crippen molar-refractivity contribution in [2.24, 2.45) is 0 Å². The molecule has 0 bridgehead atoms. The summed E-state index contributed by atoms with van der Waals surface area (Å²) in [7, 11) is 0. The highest BCUT2D eigenvalue weighted by molar-refractivity contribution is 5.95. The van der Waals surface area contributed by atoms with E-state index in [1.165, 1.54) is 4.68 Å². The van der Waals surface area contributed by atoms with Gasteiger partial charge in [0.2, 0.25) is 0 Å². The third-order valence-corrected chi connectivity index (χ3v) is 6.07. The maximum absolute atomic E-state index is 13.5. The summed E-state index contributed by atoms with van der Waals surface area (Å²) < 4.78 is 35.9. The molecule has 0 fully saturated rings. The van der Waals surface area contributed by atoms with E-state index in [-0.39, 0.29) is 6.04 Å².